The molecule has 0 radical (unpaired) electrons. The second-order valence-corrected chi connectivity index (χ2v) is 8.39. The number of fused-ring (bicyclic) bond motifs is 1. The topological polar surface area (TPSA) is 138 Å². The maximum absolute atomic E-state index is 12.6. The number of aromatic nitrogens is 4. The van der Waals surface area contributed by atoms with Crippen molar-refractivity contribution in [1.29, 1.82) is 0 Å². The molecule has 184 valence electrons. The Labute approximate surface area is 195 Å². The molecule has 34 heavy (non-hydrogen) atoms. The van der Waals surface area contributed by atoms with Crippen LogP contribution in [-0.2, 0) is 40.4 Å². The van der Waals surface area contributed by atoms with Crippen molar-refractivity contribution in [2.24, 2.45) is 5.92 Å². The summed E-state index contributed by atoms with van der Waals surface area (Å²) in [5.41, 5.74) is -0.319. The highest BCUT2D eigenvalue weighted by Crippen LogP contribution is 2.17. The quantitative estimate of drug-likeness (QED) is 0.418. The molecule has 11 nitrogen and oxygen atoms in total. The number of nitrogens with zero attached hydrogens (tertiary/aromatic N) is 3. The van der Waals surface area contributed by atoms with Gasteiger partial charge in [0.2, 0.25) is 5.76 Å². The zero-order valence-corrected chi connectivity index (χ0v) is 19.9. The summed E-state index contributed by atoms with van der Waals surface area (Å²) in [4.78, 5) is 55.8. The summed E-state index contributed by atoms with van der Waals surface area (Å²) in [6.07, 6.45) is 1.90. The van der Waals surface area contributed by atoms with E-state index in [2.05, 4.69) is 14.7 Å². The number of unbranched alkanes of at least 4 members (excludes halogenated alkanes) is 1. The summed E-state index contributed by atoms with van der Waals surface area (Å²) in [5.74, 6) is -0.0255. The first-order valence-electron chi connectivity index (χ1n) is 11.3. The van der Waals surface area contributed by atoms with Crippen molar-refractivity contribution >= 4 is 23.1 Å². The van der Waals surface area contributed by atoms with Gasteiger partial charge in [-0.1, -0.05) is 27.2 Å². The highest BCUT2D eigenvalue weighted by molar-refractivity contribution is 5.86. The van der Waals surface area contributed by atoms with Gasteiger partial charge in [-0.25, -0.2) is 14.6 Å². The molecule has 0 aliphatic heterocycles. The third-order valence-electron chi connectivity index (χ3n) is 5.22. The van der Waals surface area contributed by atoms with E-state index in [1.54, 1.807) is 4.57 Å². The van der Waals surface area contributed by atoms with Crippen LogP contribution in [0.25, 0.3) is 11.2 Å². The van der Waals surface area contributed by atoms with Crippen LogP contribution in [0.3, 0.4) is 0 Å². The van der Waals surface area contributed by atoms with E-state index in [-0.39, 0.29) is 31.1 Å². The van der Waals surface area contributed by atoms with Crippen molar-refractivity contribution in [3.63, 3.8) is 0 Å². The Kier molecular flexibility index (Phi) is 8.08. The maximum atomic E-state index is 12.6. The molecular formula is C23H30N4O7. The molecule has 3 rings (SSSR count). The lowest BCUT2D eigenvalue weighted by atomic mass is 10.2. The van der Waals surface area contributed by atoms with E-state index in [1.165, 1.54) is 23.8 Å². The molecule has 1 N–H and O–H groups in total. The molecule has 0 atom stereocenters. The zero-order valence-electron chi connectivity index (χ0n) is 19.9. The summed E-state index contributed by atoms with van der Waals surface area (Å²) in [5, 5.41) is 0. The first kappa shape index (κ1) is 25.0. The van der Waals surface area contributed by atoms with Gasteiger partial charge in [-0.3, -0.25) is 19.1 Å². The number of imidazole rings is 1. The fourth-order valence-corrected chi connectivity index (χ4v) is 3.60. The highest BCUT2D eigenvalue weighted by Gasteiger charge is 2.20. The molecule has 11 heteroatoms. The number of esters is 2. The number of aromatic amines is 1. The molecule has 3 heterocycles. The Morgan fingerprint density at radius 3 is 2.65 bits per heavy atom. The number of hydrogen-bond donors (Lipinski definition) is 1. The lowest BCUT2D eigenvalue weighted by molar-refractivity contribution is -0.145. The number of rotatable bonds is 11. The van der Waals surface area contributed by atoms with Crippen molar-refractivity contribution < 1.29 is 23.5 Å². The van der Waals surface area contributed by atoms with Gasteiger partial charge >= 0.3 is 17.6 Å². The molecule has 0 bridgehead atoms. The van der Waals surface area contributed by atoms with Gasteiger partial charge < -0.3 is 18.5 Å². The maximum Gasteiger partial charge on any atom is 0.373 e. The van der Waals surface area contributed by atoms with Crippen LogP contribution in [0, 0.1) is 5.92 Å². The third kappa shape index (κ3) is 5.64. The minimum atomic E-state index is -0.617. The number of hydrogen-bond acceptors (Lipinski definition) is 8. The molecule has 0 aromatic carbocycles. The smallest absolute Gasteiger partial charge is 0.373 e. The fraction of sp³-hybridized carbons (Fsp3) is 0.522. The Morgan fingerprint density at radius 1 is 1.21 bits per heavy atom. The summed E-state index contributed by atoms with van der Waals surface area (Å²) in [6, 6.07) is 2.97. The van der Waals surface area contributed by atoms with Crippen molar-refractivity contribution in [3.8, 4) is 0 Å². The molecule has 0 aliphatic carbocycles. The lowest BCUT2D eigenvalue weighted by Gasteiger charge is -2.11. The van der Waals surface area contributed by atoms with Crippen molar-refractivity contribution in [1.82, 2.24) is 19.1 Å². The van der Waals surface area contributed by atoms with E-state index in [0.29, 0.717) is 35.8 Å². The molecule has 0 fully saturated rings. The number of furan rings is 1. The average Bonchev–Trinajstić information content (AvgIpc) is 3.40. The summed E-state index contributed by atoms with van der Waals surface area (Å²) in [7, 11) is 1.24. The monoisotopic (exact) mass is 474 g/mol. The van der Waals surface area contributed by atoms with Gasteiger partial charge in [0.1, 0.15) is 18.2 Å². The van der Waals surface area contributed by atoms with E-state index in [0.717, 1.165) is 12.8 Å². The third-order valence-corrected chi connectivity index (χ3v) is 5.22. The van der Waals surface area contributed by atoms with E-state index in [9.17, 15) is 19.2 Å². The SMILES string of the molecule is CCCCn1c(=O)[nH]c(=O)c2c1nc(CCC(=O)OCc1ccc(C(=O)OC)o1)n2CC(C)C. The predicted octanol–water partition coefficient (Wildman–Crippen LogP) is 2.40. The van der Waals surface area contributed by atoms with Crippen molar-refractivity contribution in [3.05, 3.63) is 50.3 Å². The fourth-order valence-electron chi connectivity index (χ4n) is 3.60. The Morgan fingerprint density at radius 2 is 1.97 bits per heavy atom. The normalized spacial score (nSPS) is 11.3. The molecule has 0 unspecified atom stereocenters. The van der Waals surface area contributed by atoms with E-state index >= 15 is 0 Å². The van der Waals surface area contributed by atoms with Gasteiger partial charge in [0.15, 0.2) is 11.2 Å². The van der Waals surface area contributed by atoms with E-state index in [1.807, 2.05) is 20.8 Å². The molecule has 3 aromatic rings. The Bertz CT molecular complexity index is 1280. The minimum Gasteiger partial charge on any atom is -0.463 e. The molecule has 0 saturated carbocycles. The summed E-state index contributed by atoms with van der Waals surface area (Å²) < 4.78 is 18.4. The first-order chi connectivity index (χ1) is 16.2. The van der Waals surface area contributed by atoms with Crippen LogP contribution < -0.4 is 11.2 Å². The van der Waals surface area contributed by atoms with Crippen LogP contribution in [0.4, 0.5) is 0 Å². The van der Waals surface area contributed by atoms with Crippen LogP contribution >= 0.6 is 0 Å². The zero-order chi connectivity index (χ0) is 24.8. The number of carbonyl (C=O) groups excluding carboxylic acids is 2. The molecular weight excluding hydrogens is 444 g/mol. The van der Waals surface area contributed by atoms with Crippen LogP contribution in [0.15, 0.2) is 26.1 Å². The molecule has 3 aromatic heterocycles. The van der Waals surface area contributed by atoms with Crippen LogP contribution in [0.5, 0.6) is 0 Å². The standard InChI is InChI=1S/C23H30N4O7/c1-5-6-11-26-20-19(21(29)25-23(26)31)27(12-14(2)3)17(24-20)9-10-18(28)33-13-15-7-8-16(34-15)22(30)32-4/h7-8,14H,5-6,9-13H2,1-4H3,(H,25,29,31). The van der Waals surface area contributed by atoms with Gasteiger partial charge in [0, 0.05) is 19.5 Å². The minimum absolute atomic E-state index is 0.0169. The van der Waals surface area contributed by atoms with Crippen molar-refractivity contribution in [2.45, 2.75) is 66.2 Å². The van der Waals surface area contributed by atoms with Gasteiger partial charge in [0.05, 0.1) is 13.5 Å². The number of aryl methyl sites for hydroxylation is 2. The number of ether oxygens (including phenoxy) is 2. The van der Waals surface area contributed by atoms with E-state index in [4.69, 9.17) is 9.15 Å². The Balaban J connectivity index is 1.78. The summed E-state index contributed by atoms with van der Waals surface area (Å²) in [6.45, 7) is 6.86. The Hall–Kier alpha value is -3.63. The van der Waals surface area contributed by atoms with Gasteiger partial charge in [-0.15, -0.1) is 0 Å². The highest BCUT2D eigenvalue weighted by atomic mass is 16.5. The first-order valence-corrected chi connectivity index (χ1v) is 11.3. The summed E-state index contributed by atoms with van der Waals surface area (Å²) >= 11 is 0. The van der Waals surface area contributed by atoms with Gasteiger partial charge in [-0.2, -0.15) is 0 Å². The average molecular weight is 475 g/mol. The number of methoxy groups -OCH3 is 1. The van der Waals surface area contributed by atoms with Crippen LogP contribution in [0.2, 0.25) is 0 Å². The number of nitrogens with one attached hydrogen (secondary N) is 1. The number of carbonyl (C=O) groups is 2. The predicted molar refractivity (Wildman–Crippen MR) is 123 cm³/mol. The van der Waals surface area contributed by atoms with Crippen molar-refractivity contribution in [2.75, 3.05) is 7.11 Å². The van der Waals surface area contributed by atoms with Crippen LogP contribution in [-0.4, -0.2) is 38.2 Å². The molecule has 0 aliphatic rings. The molecule has 0 amide bonds. The lowest BCUT2D eigenvalue weighted by Crippen LogP contribution is -2.31. The van der Waals surface area contributed by atoms with Gasteiger partial charge in [0.25, 0.3) is 5.56 Å². The van der Waals surface area contributed by atoms with Gasteiger partial charge in [-0.05, 0) is 24.5 Å². The second kappa shape index (κ2) is 11.0. The molecule has 0 saturated heterocycles. The second-order valence-electron chi connectivity index (χ2n) is 8.39. The number of H-pyrrole nitrogens is 1. The molecule has 0 spiro atoms. The van der Waals surface area contributed by atoms with E-state index < -0.39 is 23.2 Å². The van der Waals surface area contributed by atoms with Crippen LogP contribution in [0.1, 0.15) is 62.2 Å². The largest absolute Gasteiger partial charge is 0.463 e.